The average Bonchev–Trinajstić information content (AvgIpc) is 2.97. The van der Waals surface area contributed by atoms with Crippen LogP contribution < -0.4 is 0 Å². The Hall–Kier alpha value is -0.900. The van der Waals surface area contributed by atoms with Crippen molar-refractivity contribution in [3.05, 3.63) is 35.5 Å². The lowest BCUT2D eigenvalue weighted by atomic mass is 9.60. The first-order valence-electron chi connectivity index (χ1n) is 12.2. The van der Waals surface area contributed by atoms with Crippen LogP contribution in [0.3, 0.4) is 0 Å². The van der Waals surface area contributed by atoms with Crippen LogP contribution in [0.15, 0.2) is 35.5 Å². The molecule has 0 aromatic carbocycles. The highest BCUT2D eigenvalue weighted by molar-refractivity contribution is 5.36. The first kappa shape index (κ1) is 23.8. The molecular formula is C27H44O3. The minimum Gasteiger partial charge on any atom is -0.393 e. The third-order valence-corrected chi connectivity index (χ3v) is 8.33. The lowest BCUT2D eigenvalue weighted by molar-refractivity contribution is 0.0147. The molecule has 3 nitrogen and oxygen atoms in total. The number of fused-ring (bicyclic) bond motifs is 1. The van der Waals surface area contributed by atoms with Crippen molar-refractivity contribution in [1.82, 2.24) is 0 Å². The van der Waals surface area contributed by atoms with Crippen LogP contribution in [0.1, 0.15) is 91.9 Å². The summed E-state index contributed by atoms with van der Waals surface area (Å²) in [4.78, 5) is 0. The Morgan fingerprint density at radius 3 is 2.57 bits per heavy atom. The van der Waals surface area contributed by atoms with Gasteiger partial charge in [0.1, 0.15) is 0 Å². The second-order valence-electron chi connectivity index (χ2n) is 11.4. The monoisotopic (exact) mass is 416 g/mol. The highest BCUT2D eigenvalue weighted by atomic mass is 16.3. The molecule has 3 N–H and O–H groups in total. The van der Waals surface area contributed by atoms with Gasteiger partial charge in [-0.25, -0.2) is 0 Å². The van der Waals surface area contributed by atoms with Crippen molar-refractivity contribution in [2.75, 3.05) is 0 Å². The van der Waals surface area contributed by atoms with Crippen LogP contribution in [0.2, 0.25) is 0 Å². The summed E-state index contributed by atoms with van der Waals surface area (Å²) >= 11 is 0. The van der Waals surface area contributed by atoms with Gasteiger partial charge < -0.3 is 15.3 Å². The molecule has 0 saturated heterocycles. The average molecular weight is 417 g/mol. The largest absolute Gasteiger partial charge is 0.393 e. The smallest absolute Gasteiger partial charge is 0.0591 e. The van der Waals surface area contributed by atoms with Gasteiger partial charge in [0.05, 0.1) is 17.8 Å². The number of hydrogen-bond acceptors (Lipinski definition) is 3. The molecule has 3 rings (SSSR count). The number of hydrogen-bond donors (Lipinski definition) is 3. The third kappa shape index (κ3) is 5.47. The first-order chi connectivity index (χ1) is 14.0. The predicted molar refractivity (Wildman–Crippen MR) is 124 cm³/mol. The fraction of sp³-hybridized carbons (Fsp3) is 0.778. The zero-order valence-electron chi connectivity index (χ0n) is 19.7. The molecule has 6 atom stereocenters. The van der Waals surface area contributed by atoms with E-state index < -0.39 is 5.60 Å². The lowest BCUT2D eigenvalue weighted by Crippen LogP contribution is -2.41. The Balaban J connectivity index is 1.73. The topological polar surface area (TPSA) is 60.7 Å². The molecule has 30 heavy (non-hydrogen) atoms. The Labute approximate surface area is 184 Å². The van der Waals surface area contributed by atoms with E-state index in [1.54, 1.807) is 0 Å². The van der Waals surface area contributed by atoms with E-state index in [1.807, 2.05) is 13.8 Å². The van der Waals surface area contributed by atoms with Crippen LogP contribution >= 0.6 is 0 Å². The van der Waals surface area contributed by atoms with Gasteiger partial charge in [0.15, 0.2) is 0 Å². The van der Waals surface area contributed by atoms with Gasteiger partial charge >= 0.3 is 0 Å². The molecule has 3 aliphatic carbocycles. The zero-order chi connectivity index (χ0) is 22.1. The van der Waals surface area contributed by atoms with Crippen LogP contribution in [-0.2, 0) is 0 Å². The molecule has 1 unspecified atom stereocenters. The molecule has 0 heterocycles. The maximum absolute atomic E-state index is 10.8. The van der Waals surface area contributed by atoms with Gasteiger partial charge in [-0.15, -0.1) is 0 Å². The highest BCUT2D eigenvalue weighted by Gasteiger charge is 2.52. The van der Waals surface area contributed by atoms with Gasteiger partial charge in [0.2, 0.25) is 0 Å². The zero-order valence-corrected chi connectivity index (χ0v) is 19.7. The summed E-state index contributed by atoms with van der Waals surface area (Å²) < 4.78 is 0. The van der Waals surface area contributed by atoms with E-state index in [9.17, 15) is 15.3 Å². The van der Waals surface area contributed by atoms with Crippen LogP contribution in [0.5, 0.6) is 0 Å². The van der Waals surface area contributed by atoms with Gasteiger partial charge in [0, 0.05) is 0 Å². The van der Waals surface area contributed by atoms with Crippen molar-refractivity contribution in [2.24, 2.45) is 23.2 Å². The normalized spacial score (nSPS) is 38.8. The van der Waals surface area contributed by atoms with E-state index in [2.05, 4.69) is 32.6 Å². The SMILES string of the molecule is C=C1CC[C@H](O)C/C1=C/C=C1\CC(O)C[C@]2(C)[C@@H]([C@H](C)CCCC(C)(C)O)CC[C@@H]12. The van der Waals surface area contributed by atoms with Crippen molar-refractivity contribution < 1.29 is 15.3 Å². The molecule has 3 fully saturated rings. The van der Waals surface area contributed by atoms with E-state index in [0.717, 1.165) is 50.5 Å². The van der Waals surface area contributed by atoms with E-state index in [0.29, 0.717) is 24.2 Å². The van der Waals surface area contributed by atoms with E-state index in [-0.39, 0.29) is 17.6 Å². The van der Waals surface area contributed by atoms with E-state index >= 15 is 0 Å². The van der Waals surface area contributed by atoms with Crippen molar-refractivity contribution in [3.8, 4) is 0 Å². The summed E-state index contributed by atoms with van der Waals surface area (Å²) in [7, 11) is 0. The van der Waals surface area contributed by atoms with Crippen LogP contribution in [0.25, 0.3) is 0 Å². The van der Waals surface area contributed by atoms with Gasteiger partial charge in [-0.05, 0) is 94.0 Å². The molecule has 0 aliphatic heterocycles. The molecule has 3 heteroatoms. The summed E-state index contributed by atoms with van der Waals surface area (Å²) in [6, 6.07) is 0. The quantitative estimate of drug-likeness (QED) is 0.520. The minimum atomic E-state index is -0.580. The lowest BCUT2D eigenvalue weighted by Gasteiger charge is -2.46. The molecule has 3 saturated carbocycles. The molecule has 3 aliphatic rings. The van der Waals surface area contributed by atoms with E-state index in [4.69, 9.17) is 0 Å². The molecule has 0 aromatic rings. The van der Waals surface area contributed by atoms with E-state index in [1.165, 1.54) is 24.0 Å². The molecule has 0 bridgehead atoms. The van der Waals surface area contributed by atoms with Gasteiger partial charge in [-0.1, -0.05) is 56.6 Å². The fourth-order valence-corrected chi connectivity index (χ4v) is 6.73. The summed E-state index contributed by atoms with van der Waals surface area (Å²) in [6.45, 7) is 12.8. The Bertz CT molecular complexity index is 683. The number of allylic oxidation sites excluding steroid dienone is 3. The second kappa shape index (κ2) is 9.30. The van der Waals surface area contributed by atoms with Gasteiger partial charge in [-0.2, -0.15) is 0 Å². The van der Waals surface area contributed by atoms with Crippen LogP contribution in [0.4, 0.5) is 0 Å². The van der Waals surface area contributed by atoms with Crippen molar-refractivity contribution in [3.63, 3.8) is 0 Å². The standard InChI is InChI=1S/C27H44O3/c1-18-8-11-22(28)15-20(18)9-10-21-16-23(29)17-27(5)24(12-13-25(21)27)19(2)7-6-14-26(3,4)30/h9-10,19,22-25,28-30H,1,6-8,11-17H2,2-5H3/b20-9-,21-10+/t19-,22+,23?,24-,25+,27-/m1/s1. The first-order valence-corrected chi connectivity index (χ1v) is 12.2. The fourth-order valence-electron chi connectivity index (χ4n) is 6.73. The molecular weight excluding hydrogens is 372 g/mol. The maximum atomic E-state index is 10.8. The summed E-state index contributed by atoms with van der Waals surface area (Å²) in [6.07, 6.45) is 13.5. The minimum absolute atomic E-state index is 0.152. The summed E-state index contributed by atoms with van der Waals surface area (Å²) in [5.41, 5.74) is 3.30. The predicted octanol–water partition coefficient (Wildman–Crippen LogP) is 5.70. The number of aliphatic hydroxyl groups is 3. The molecule has 0 amide bonds. The number of rotatable bonds is 6. The highest BCUT2D eigenvalue weighted by Crippen LogP contribution is 2.60. The second-order valence-corrected chi connectivity index (χ2v) is 11.4. The van der Waals surface area contributed by atoms with Crippen LogP contribution in [-0.4, -0.2) is 33.1 Å². The Kier molecular flexibility index (Phi) is 7.37. The summed E-state index contributed by atoms with van der Waals surface area (Å²) in [5, 5.41) is 30.8. The van der Waals surface area contributed by atoms with Crippen molar-refractivity contribution in [2.45, 2.75) is 110 Å². The van der Waals surface area contributed by atoms with Gasteiger partial charge in [0.25, 0.3) is 0 Å². The molecule has 170 valence electrons. The molecule has 0 aromatic heterocycles. The van der Waals surface area contributed by atoms with Crippen LogP contribution in [0, 0.1) is 23.2 Å². The third-order valence-electron chi connectivity index (χ3n) is 8.33. The Morgan fingerprint density at radius 1 is 1.13 bits per heavy atom. The molecule has 0 spiro atoms. The number of aliphatic hydroxyl groups excluding tert-OH is 2. The maximum Gasteiger partial charge on any atom is 0.0591 e. The molecule has 0 radical (unpaired) electrons. The van der Waals surface area contributed by atoms with Crippen molar-refractivity contribution >= 4 is 0 Å². The Morgan fingerprint density at radius 2 is 1.87 bits per heavy atom. The van der Waals surface area contributed by atoms with Gasteiger partial charge in [-0.3, -0.25) is 0 Å². The van der Waals surface area contributed by atoms with Crippen molar-refractivity contribution in [1.29, 1.82) is 0 Å². The summed E-state index contributed by atoms with van der Waals surface area (Å²) in [5.74, 6) is 1.78.